The predicted octanol–water partition coefficient (Wildman–Crippen LogP) is 1.54. The standard InChI is InChI=1S/C4H5Cl2O/c1-3(2-7)4(5)6/h3-4H,1H3. The molecule has 0 N–H and O–H groups in total. The number of hydrogen-bond donors (Lipinski definition) is 0. The minimum absolute atomic E-state index is 0.372. The van der Waals surface area contributed by atoms with E-state index in [2.05, 4.69) is 0 Å². The van der Waals surface area contributed by atoms with Crippen molar-refractivity contribution in [1.29, 1.82) is 0 Å². The largest absolute Gasteiger partial charge is 0.290 e. The minimum atomic E-state index is -0.613. The summed E-state index contributed by atoms with van der Waals surface area (Å²) in [5, 5.41) is 0. The lowest BCUT2D eigenvalue weighted by Gasteiger charge is -1.97. The molecule has 0 fully saturated rings. The van der Waals surface area contributed by atoms with Crippen LogP contribution in [0.25, 0.3) is 0 Å². The Morgan fingerprint density at radius 2 is 2.00 bits per heavy atom. The van der Waals surface area contributed by atoms with Gasteiger partial charge in [-0.15, -0.1) is 23.2 Å². The Morgan fingerprint density at radius 3 is 2.00 bits per heavy atom. The van der Waals surface area contributed by atoms with Gasteiger partial charge in [-0.3, -0.25) is 4.79 Å². The fourth-order valence-corrected chi connectivity index (χ4v) is 0.154. The first kappa shape index (κ1) is 7.25. The van der Waals surface area contributed by atoms with E-state index in [9.17, 15) is 4.79 Å². The SMILES string of the molecule is CC([C]=O)C(Cl)Cl. The van der Waals surface area contributed by atoms with Gasteiger partial charge in [0.2, 0.25) is 6.29 Å². The molecule has 0 aliphatic carbocycles. The van der Waals surface area contributed by atoms with Crippen molar-refractivity contribution in [2.24, 2.45) is 5.92 Å². The maximum Gasteiger partial charge on any atom is 0.204 e. The molecule has 1 nitrogen and oxygen atoms in total. The molecular formula is C4H5Cl2O. The Balaban J connectivity index is 3.33. The maximum atomic E-state index is 9.65. The Hall–Kier alpha value is 0.250. The molecule has 0 spiro atoms. The Kier molecular flexibility index (Phi) is 3.39. The van der Waals surface area contributed by atoms with Gasteiger partial charge in [0.25, 0.3) is 0 Å². The van der Waals surface area contributed by atoms with Gasteiger partial charge in [-0.05, 0) is 0 Å². The molecule has 0 saturated carbocycles. The van der Waals surface area contributed by atoms with E-state index in [0.29, 0.717) is 0 Å². The fraction of sp³-hybridized carbons (Fsp3) is 0.750. The van der Waals surface area contributed by atoms with Crippen molar-refractivity contribution in [3.63, 3.8) is 0 Å². The molecule has 0 aromatic carbocycles. The highest BCUT2D eigenvalue weighted by Crippen LogP contribution is 2.10. The molecule has 7 heavy (non-hydrogen) atoms. The zero-order valence-corrected chi connectivity index (χ0v) is 5.33. The summed E-state index contributed by atoms with van der Waals surface area (Å²) in [5.74, 6) is -0.372. The van der Waals surface area contributed by atoms with Gasteiger partial charge < -0.3 is 0 Å². The van der Waals surface area contributed by atoms with Crippen molar-refractivity contribution < 1.29 is 4.79 Å². The lowest BCUT2D eigenvalue weighted by atomic mass is 10.3. The minimum Gasteiger partial charge on any atom is -0.290 e. The molecule has 0 saturated heterocycles. The predicted molar refractivity (Wildman–Crippen MR) is 30.4 cm³/mol. The van der Waals surface area contributed by atoms with Gasteiger partial charge in [0.1, 0.15) is 4.84 Å². The summed E-state index contributed by atoms with van der Waals surface area (Å²) in [6.45, 7) is 1.61. The fourth-order valence-electron chi connectivity index (χ4n) is 0.0514. The average Bonchev–Trinajstić information content (AvgIpc) is 1.65. The number of alkyl halides is 2. The van der Waals surface area contributed by atoms with Gasteiger partial charge in [-0.2, -0.15) is 0 Å². The van der Waals surface area contributed by atoms with Gasteiger partial charge in [-0.1, -0.05) is 6.92 Å². The van der Waals surface area contributed by atoms with E-state index in [1.54, 1.807) is 13.2 Å². The first-order valence-corrected chi connectivity index (χ1v) is 2.71. The van der Waals surface area contributed by atoms with Crippen LogP contribution in [0.5, 0.6) is 0 Å². The van der Waals surface area contributed by atoms with Crippen LogP contribution >= 0.6 is 23.2 Å². The molecule has 0 aliphatic heterocycles. The topological polar surface area (TPSA) is 17.1 Å². The molecule has 0 rings (SSSR count). The summed E-state index contributed by atoms with van der Waals surface area (Å²) < 4.78 is 0. The van der Waals surface area contributed by atoms with E-state index >= 15 is 0 Å². The lowest BCUT2D eigenvalue weighted by Crippen LogP contribution is -2.04. The highest BCUT2D eigenvalue weighted by Gasteiger charge is 2.08. The number of carbonyl (C=O) groups excluding carboxylic acids is 1. The van der Waals surface area contributed by atoms with E-state index in [-0.39, 0.29) is 5.92 Å². The van der Waals surface area contributed by atoms with Gasteiger partial charge in [0, 0.05) is 0 Å². The van der Waals surface area contributed by atoms with E-state index in [1.807, 2.05) is 0 Å². The van der Waals surface area contributed by atoms with E-state index in [0.717, 1.165) is 0 Å². The lowest BCUT2D eigenvalue weighted by molar-refractivity contribution is 0.534. The van der Waals surface area contributed by atoms with Crippen LogP contribution in [-0.4, -0.2) is 11.1 Å². The quantitative estimate of drug-likeness (QED) is 0.531. The van der Waals surface area contributed by atoms with E-state index in [4.69, 9.17) is 23.2 Å². The van der Waals surface area contributed by atoms with E-state index in [1.165, 1.54) is 0 Å². The molecule has 1 radical (unpaired) electrons. The average molecular weight is 140 g/mol. The Morgan fingerprint density at radius 1 is 1.57 bits per heavy atom. The van der Waals surface area contributed by atoms with Gasteiger partial charge in [-0.25, -0.2) is 0 Å². The number of halogens is 2. The maximum absolute atomic E-state index is 9.65. The van der Waals surface area contributed by atoms with Crippen LogP contribution in [0.1, 0.15) is 6.92 Å². The van der Waals surface area contributed by atoms with Crippen LogP contribution in [0.4, 0.5) is 0 Å². The molecule has 1 atom stereocenters. The van der Waals surface area contributed by atoms with Gasteiger partial charge in [0.15, 0.2) is 0 Å². The van der Waals surface area contributed by atoms with Crippen molar-refractivity contribution in [2.45, 2.75) is 11.8 Å². The number of hydrogen-bond acceptors (Lipinski definition) is 1. The summed E-state index contributed by atoms with van der Waals surface area (Å²) in [7, 11) is 0. The van der Waals surface area contributed by atoms with Gasteiger partial charge >= 0.3 is 0 Å². The molecule has 3 heteroatoms. The zero-order valence-electron chi connectivity index (χ0n) is 3.82. The van der Waals surface area contributed by atoms with Crippen molar-refractivity contribution in [3.05, 3.63) is 0 Å². The number of rotatable bonds is 2. The third-order valence-electron chi connectivity index (χ3n) is 0.564. The molecule has 1 unspecified atom stereocenters. The normalized spacial score (nSPS) is 14.3. The highest BCUT2D eigenvalue weighted by atomic mass is 35.5. The van der Waals surface area contributed by atoms with Crippen LogP contribution in [0.3, 0.4) is 0 Å². The summed E-state index contributed by atoms with van der Waals surface area (Å²) in [6.07, 6.45) is 1.65. The summed E-state index contributed by atoms with van der Waals surface area (Å²) in [4.78, 5) is 9.04. The molecule has 0 heterocycles. The first-order valence-electron chi connectivity index (χ1n) is 1.84. The molecule has 0 aromatic rings. The molecule has 0 bridgehead atoms. The second-order valence-electron chi connectivity index (χ2n) is 1.24. The highest BCUT2D eigenvalue weighted by molar-refractivity contribution is 6.45. The Bertz CT molecular complexity index is 62.7. The van der Waals surface area contributed by atoms with E-state index < -0.39 is 4.84 Å². The third-order valence-corrected chi connectivity index (χ3v) is 1.32. The molecular weight excluding hydrogens is 135 g/mol. The van der Waals surface area contributed by atoms with Crippen molar-refractivity contribution in [3.8, 4) is 0 Å². The van der Waals surface area contributed by atoms with Crippen LogP contribution in [0, 0.1) is 5.92 Å². The van der Waals surface area contributed by atoms with Crippen LogP contribution in [0.2, 0.25) is 0 Å². The zero-order chi connectivity index (χ0) is 5.86. The third kappa shape index (κ3) is 2.89. The summed E-state index contributed by atoms with van der Waals surface area (Å²) in [5.41, 5.74) is 0. The molecule has 0 aromatic heterocycles. The summed E-state index contributed by atoms with van der Waals surface area (Å²) >= 11 is 10.5. The summed E-state index contributed by atoms with van der Waals surface area (Å²) in [6, 6.07) is 0. The molecule has 41 valence electrons. The second-order valence-corrected chi connectivity index (χ2v) is 2.40. The van der Waals surface area contributed by atoms with Gasteiger partial charge in [0.05, 0.1) is 5.92 Å². The smallest absolute Gasteiger partial charge is 0.204 e. The van der Waals surface area contributed by atoms with Crippen LogP contribution in [0.15, 0.2) is 0 Å². The van der Waals surface area contributed by atoms with Crippen LogP contribution < -0.4 is 0 Å². The first-order chi connectivity index (χ1) is 3.18. The van der Waals surface area contributed by atoms with Crippen molar-refractivity contribution in [2.75, 3.05) is 0 Å². The van der Waals surface area contributed by atoms with Crippen LogP contribution in [-0.2, 0) is 4.79 Å². The monoisotopic (exact) mass is 139 g/mol. The van der Waals surface area contributed by atoms with Crippen molar-refractivity contribution in [1.82, 2.24) is 0 Å². The second kappa shape index (κ2) is 3.28. The molecule has 0 amide bonds. The molecule has 0 aliphatic rings. The Labute approximate surface area is 52.6 Å². The van der Waals surface area contributed by atoms with Crippen molar-refractivity contribution >= 4 is 29.5 Å².